The van der Waals surface area contributed by atoms with E-state index in [9.17, 15) is 0 Å². The zero-order valence-corrected chi connectivity index (χ0v) is 25.3. The largest absolute Gasteiger partial charge is 0.255 e. The molecule has 0 saturated carbocycles. The van der Waals surface area contributed by atoms with E-state index in [-0.39, 0.29) is 39.6 Å². The van der Waals surface area contributed by atoms with Crippen LogP contribution in [0, 0.1) is 0 Å². The maximum Gasteiger partial charge on any atom is 0.0886 e. The van der Waals surface area contributed by atoms with E-state index in [0.29, 0.717) is 0 Å². The predicted octanol–water partition coefficient (Wildman–Crippen LogP) is 6.43. The van der Waals surface area contributed by atoms with Crippen molar-refractivity contribution in [1.29, 1.82) is 0 Å². The summed E-state index contributed by atoms with van der Waals surface area (Å²) in [6, 6.07) is 34.8. The Labute approximate surface area is 248 Å². The first-order valence-corrected chi connectivity index (χ1v) is 11.4. The Bertz CT molecular complexity index is 1110. The standard InChI is InChI=1S/3C10H8N2.2Os/c3*1-3-7-11-9(5-1)10-6-2-4-8-12-10;;/h3*1-8H;;. The number of hydrogen-bond acceptors (Lipinski definition) is 6. The minimum Gasteiger partial charge on any atom is -0.255 e. The normalized spacial score (nSPS) is 9.16. The third-order valence-electron chi connectivity index (χ3n) is 4.78. The number of aromatic nitrogens is 6. The van der Waals surface area contributed by atoms with Gasteiger partial charge in [-0.3, -0.25) is 29.9 Å². The summed E-state index contributed by atoms with van der Waals surface area (Å²) < 4.78 is 0. The molecule has 0 bridgehead atoms. The van der Waals surface area contributed by atoms with Gasteiger partial charge in [-0.15, -0.1) is 0 Å². The molecule has 0 aliphatic heterocycles. The Morgan fingerprint density at radius 3 is 0.500 bits per heavy atom. The Morgan fingerprint density at radius 1 is 0.237 bits per heavy atom. The van der Waals surface area contributed by atoms with Crippen LogP contribution in [0.2, 0.25) is 0 Å². The molecule has 0 unspecified atom stereocenters. The summed E-state index contributed by atoms with van der Waals surface area (Å²) in [7, 11) is 0. The average molecular weight is 849 g/mol. The van der Waals surface area contributed by atoms with Gasteiger partial charge in [0.1, 0.15) is 0 Å². The van der Waals surface area contributed by atoms with Gasteiger partial charge in [0.15, 0.2) is 0 Å². The first-order valence-electron chi connectivity index (χ1n) is 11.4. The van der Waals surface area contributed by atoms with Gasteiger partial charge in [-0.05, 0) is 72.8 Å². The fraction of sp³-hybridized carbons (Fsp3) is 0. The van der Waals surface area contributed by atoms with Crippen molar-refractivity contribution in [2.45, 2.75) is 0 Å². The summed E-state index contributed by atoms with van der Waals surface area (Å²) >= 11 is 0. The second-order valence-corrected chi connectivity index (χ2v) is 7.29. The second-order valence-electron chi connectivity index (χ2n) is 7.29. The maximum absolute atomic E-state index is 4.19. The summed E-state index contributed by atoms with van der Waals surface area (Å²) in [4.78, 5) is 25.1. The molecule has 6 heterocycles. The SMILES string of the molecule is [Os].[Os].c1ccc(-c2ccccn2)nc1.c1ccc(-c2ccccn2)nc1.c1ccc(-c2ccccn2)nc1. The minimum absolute atomic E-state index is 0. The molecular weight excluding hydrogens is 825 g/mol. The van der Waals surface area contributed by atoms with Crippen LogP contribution in [0.5, 0.6) is 0 Å². The Balaban J connectivity index is 0.000000195. The van der Waals surface area contributed by atoms with Crippen LogP contribution in [0.1, 0.15) is 0 Å². The fourth-order valence-electron chi connectivity index (χ4n) is 3.09. The molecule has 6 aromatic rings. The van der Waals surface area contributed by atoms with Crippen molar-refractivity contribution in [2.24, 2.45) is 0 Å². The molecule has 38 heavy (non-hydrogen) atoms. The Morgan fingerprint density at radius 2 is 0.395 bits per heavy atom. The molecule has 0 atom stereocenters. The molecule has 0 fully saturated rings. The van der Waals surface area contributed by atoms with Gasteiger partial charge in [-0.1, -0.05) is 36.4 Å². The van der Waals surface area contributed by atoms with E-state index in [1.54, 1.807) is 37.2 Å². The Hall–Kier alpha value is -3.83. The van der Waals surface area contributed by atoms with Crippen molar-refractivity contribution in [1.82, 2.24) is 29.9 Å². The van der Waals surface area contributed by atoms with E-state index in [0.717, 1.165) is 34.2 Å². The molecule has 0 N–H and O–H groups in total. The molecule has 190 valence electrons. The number of hydrogen-bond donors (Lipinski definition) is 0. The van der Waals surface area contributed by atoms with Crippen LogP contribution in [-0.2, 0) is 39.6 Å². The van der Waals surface area contributed by atoms with Crippen molar-refractivity contribution in [2.75, 3.05) is 0 Å². The zero-order valence-electron chi connectivity index (χ0n) is 20.2. The van der Waals surface area contributed by atoms with E-state index in [1.165, 1.54) is 0 Å². The molecule has 6 nitrogen and oxygen atoms in total. The number of rotatable bonds is 3. The predicted molar refractivity (Wildman–Crippen MR) is 142 cm³/mol. The molecule has 0 saturated heterocycles. The maximum atomic E-state index is 4.19. The van der Waals surface area contributed by atoms with Gasteiger partial charge in [-0.2, -0.15) is 0 Å². The van der Waals surface area contributed by atoms with Crippen molar-refractivity contribution < 1.29 is 39.6 Å². The third kappa shape index (κ3) is 9.91. The molecule has 6 aromatic heterocycles. The molecule has 0 amide bonds. The van der Waals surface area contributed by atoms with Gasteiger partial charge in [0.25, 0.3) is 0 Å². The van der Waals surface area contributed by atoms with Crippen LogP contribution >= 0.6 is 0 Å². The van der Waals surface area contributed by atoms with Crippen LogP contribution in [0.15, 0.2) is 146 Å². The smallest absolute Gasteiger partial charge is 0.0886 e. The summed E-state index contributed by atoms with van der Waals surface area (Å²) in [5, 5.41) is 0. The fourth-order valence-corrected chi connectivity index (χ4v) is 3.09. The van der Waals surface area contributed by atoms with Crippen LogP contribution in [0.3, 0.4) is 0 Å². The topological polar surface area (TPSA) is 77.3 Å². The number of pyridine rings is 6. The van der Waals surface area contributed by atoms with Crippen molar-refractivity contribution in [3.05, 3.63) is 146 Å². The third-order valence-corrected chi connectivity index (χ3v) is 4.78. The van der Waals surface area contributed by atoms with Gasteiger partial charge in [0, 0.05) is 76.8 Å². The van der Waals surface area contributed by atoms with Crippen LogP contribution in [0.25, 0.3) is 34.2 Å². The first-order chi connectivity index (χ1) is 17.9. The molecular formula is C30H24N6Os2. The quantitative estimate of drug-likeness (QED) is 0.205. The van der Waals surface area contributed by atoms with Gasteiger partial charge >= 0.3 is 0 Å². The van der Waals surface area contributed by atoms with Crippen molar-refractivity contribution in [3.8, 4) is 34.2 Å². The first kappa shape index (κ1) is 30.4. The molecule has 6 rings (SSSR count). The minimum atomic E-state index is 0. The van der Waals surface area contributed by atoms with Crippen LogP contribution in [-0.4, -0.2) is 29.9 Å². The molecule has 0 spiro atoms. The number of nitrogens with zero attached hydrogens (tertiary/aromatic N) is 6. The van der Waals surface area contributed by atoms with Gasteiger partial charge in [-0.25, -0.2) is 0 Å². The van der Waals surface area contributed by atoms with E-state index < -0.39 is 0 Å². The van der Waals surface area contributed by atoms with Crippen molar-refractivity contribution >= 4 is 0 Å². The molecule has 0 aliphatic carbocycles. The molecule has 8 heteroatoms. The summed E-state index contributed by atoms with van der Waals surface area (Å²) in [6.45, 7) is 0. The van der Waals surface area contributed by atoms with Gasteiger partial charge in [0.2, 0.25) is 0 Å². The molecule has 0 aliphatic rings. The van der Waals surface area contributed by atoms with Crippen LogP contribution < -0.4 is 0 Å². The van der Waals surface area contributed by atoms with E-state index >= 15 is 0 Å². The van der Waals surface area contributed by atoms with E-state index in [4.69, 9.17) is 0 Å². The van der Waals surface area contributed by atoms with E-state index in [2.05, 4.69) is 29.9 Å². The molecule has 0 aromatic carbocycles. The monoisotopic (exact) mass is 852 g/mol. The van der Waals surface area contributed by atoms with Crippen molar-refractivity contribution in [3.63, 3.8) is 0 Å². The average Bonchev–Trinajstić information content (AvgIpc) is 3.01. The van der Waals surface area contributed by atoms with Crippen LogP contribution in [0.4, 0.5) is 0 Å². The van der Waals surface area contributed by atoms with E-state index in [1.807, 2.05) is 109 Å². The second kappa shape index (κ2) is 17.6. The van der Waals surface area contributed by atoms with Gasteiger partial charge < -0.3 is 0 Å². The summed E-state index contributed by atoms with van der Waals surface area (Å²) in [5.74, 6) is 0. The summed E-state index contributed by atoms with van der Waals surface area (Å²) in [5.41, 5.74) is 5.49. The van der Waals surface area contributed by atoms with Gasteiger partial charge in [0.05, 0.1) is 34.2 Å². The zero-order chi connectivity index (χ0) is 24.7. The summed E-state index contributed by atoms with van der Waals surface area (Å²) in [6.07, 6.45) is 10.6. The Kier molecular flexibility index (Phi) is 14.1. The molecule has 0 radical (unpaired) electrons.